The number of nitrogens with zero attached hydrogens (tertiary/aromatic N) is 1. The van der Waals surface area contributed by atoms with Crippen molar-refractivity contribution in [3.8, 4) is 22.3 Å². The Bertz CT molecular complexity index is 3360. The number of rotatable bonds is 3. The Labute approximate surface area is 383 Å². The predicted molar refractivity (Wildman–Crippen MR) is 271 cm³/mol. The molecule has 0 saturated carbocycles. The molecule has 8 aromatic rings. The van der Waals surface area contributed by atoms with E-state index in [9.17, 15) is 0 Å². The van der Waals surface area contributed by atoms with E-state index in [0.717, 1.165) is 12.1 Å². The van der Waals surface area contributed by atoms with Gasteiger partial charge in [-0.1, -0.05) is 208 Å². The van der Waals surface area contributed by atoms with Crippen LogP contribution < -0.4 is 4.90 Å². The number of allylic oxidation sites excluding steroid dienone is 8. The molecule has 0 saturated heterocycles. The van der Waals surface area contributed by atoms with E-state index in [4.69, 9.17) is 0 Å². The quantitative estimate of drug-likeness (QED) is 0.171. The molecule has 0 aromatic heterocycles. The number of benzene rings is 8. The van der Waals surface area contributed by atoms with Crippen LogP contribution in [0.2, 0.25) is 0 Å². The molecular weight excluding hydrogens is 783 g/mol. The van der Waals surface area contributed by atoms with Crippen LogP contribution in [-0.2, 0) is 10.8 Å². The molecule has 0 radical (unpaired) electrons. The van der Waals surface area contributed by atoms with Gasteiger partial charge in [-0.3, -0.25) is 0 Å². The lowest BCUT2D eigenvalue weighted by Gasteiger charge is -2.45. The second-order valence-electron chi connectivity index (χ2n) is 19.1. The van der Waals surface area contributed by atoms with E-state index in [0.29, 0.717) is 5.92 Å². The van der Waals surface area contributed by atoms with E-state index in [1.165, 1.54) is 106 Å². The van der Waals surface area contributed by atoms with Gasteiger partial charge in [0.05, 0.1) is 16.8 Å². The lowest BCUT2D eigenvalue weighted by atomic mass is 9.64. The zero-order valence-electron chi connectivity index (χ0n) is 37.1. The zero-order valence-corrected chi connectivity index (χ0v) is 37.1. The molecule has 5 aliphatic rings. The number of hydrogen-bond acceptors (Lipinski definition) is 1. The van der Waals surface area contributed by atoms with Crippen molar-refractivity contribution in [2.24, 2.45) is 5.92 Å². The Hall–Kier alpha value is -7.48. The Balaban J connectivity index is 1.08. The lowest BCUT2D eigenvalue weighted by molar-refractivity contribution is 0.645. The zero-order chi connectivity index (χ0) is 43.4. The van der Waals surface area contributed by atoms with E-state index in [2.05, 4.69) is 244 Å². The first-order chi connectivity index (χ1) is 31.9. The first-order valence-corrected chi connectivity index (χ1v) is 23.3. The Morgan fingerprint density at radius 1 is 0.492 bits per heavy atom. The van der Waals surface area contributed by atoms with Crippen molar-refractivity contribution in [2.45, 2.75) is 43.9 Å². The van der Waals surface area contributed by atoms with Crippen LogP contribution in [0.25, 0.3) is 33.4 Å². The van der Waals surface area contributed by atoms with Crippen molar-refractivity contribution < 1.29 is 0 Å². The van der Waals surface area contributed by atoms with Gasteiger partial charge >= 0.3 is 0 Å². The van der Waals surface area contributed by atoms with Crippen LogP contribution in [0.4, 0.5) is 17.1 Å². The van der Waals surface area contributed by atoms with Crippen LogP contribution in [0, 0.1) is 5.92 Å². The minimum absolute atomic E-state index is 0.00715. The van der Waals surface area contributed by atoms with Crippen molar-refractivity contribution in [3.05, 3.63) is 280 Å². The van der Waals surface area contributed by atoms with Crippen molar-refractivity contribution in [1.82, 2.24) is 0 Å². The van der Waals surface area contributed by atoms with Gasteiger partial charge in [-0.25, -0.2) is 0 Å². The molecule has 1 spiro atoms. The normalized spacial score (nSPS) is 19.7. The highest BCUT2D eigenvalue weighted by molar-refractivity contribution is 5.97. The summed E-state index contributed by atoms with van der Waals surface area (Å²) < 4.78 is 0. The van der Waals surface area contributed by atoms with Gasteiger partial charge in [0, 0.05) is 17.0 Å². The summed E-state index contributed by atoms with van der Waals surface area (Å²) in [6.07, 6.45) is 10.6. The van der Waals surface area contributed by atoms with Crippen LogP contribution >= 0.6 is 0 Å². The fraction of sp³-hybridized carbons (Fsp3) is 0.125. The summed E-state index contributed by atoms with van der Waals surface area (Å²) in [4.78, 5) is 2.47. The van der Waals surface area contributed by atoms with Crippen LogP contribution in [-0.4, -0.2) is 0 Å². The molecule has 65 heavy (non-hydrogen) atoms. The van der Waals surface area contributed by atoms with Gasteiger partial charge < -0.3 is 4.90 Å². The SMILES string of the molecule is CC1=C2/C(=C\C3C=CC=C(C3)c3ccccc3C1c1ccccc1-c1ccc3c(c1)C1(c4ccccc4-3)c3ccccc3N(c3ccccc3)c3ccccc31)c1ccccc1C2(C)C. The summed E-state index contributed by atoms with van der Waals surface area (Å²) in [5.41, 5.74) is 25.8. The molecule has 1 heteroatoms. The van der Waals surface area contributed by atoms with Crippen LogP contribution in [0.3, 0.4) is 0 Å². The molecule has 0 N–H and O–H groups in total. The van der Waals surface area contributed by atoms with Gasteiger partial charge in [-0.2, -0.15) is 0 Å². The standard InChI is InChI=1S/C64H49N/c1-41-61(51-28-9-7-24-46(51)43-21-19-20-42(38-43)39-53-49-27-11-13-30-54(49)63(2,3)62(41)53)52-29-10-8-25-47(52)44-36-37-50-48-26-12-14-31-55(48)64(58(50)40-44)56-32-15-17-34-59(56)65(45-22-5-4-6-23-45)60-35-18-16-33-57(60)64/h4-37,39-40,42,61H,38H2,1-3H3/b53-39-,62-41?. The number of hydrogen-bond donors (Lipinski definition) is 0. The largest absolute Gasteiger partial charge is 0.310 e. The van der Waals surface area contributed by atoms with E-state index < -0.39 is 5.41 Å². The van der Waals surface area contributed by atoms with Crippen molar-refractivity contribution in [3.63, 3.8) is 0 Å². The molecule has 8 aromatic carbocycles. The second kappa shape index (κ2) is 14.3. The molecule has 1 nitrogen and oxygen atoms in total. The van der Waals surface area contributed by atoms with E-state index in [1.54, 1.807) is 0 Å². The fourth-order valence-corrected chi connectivity index (χ4v) is 12.9. The maximum atomic E-state index is 2.59. The third kappa shape index (κ3) is 5.33. The third-order valence-corrected chi connectivity index (χ3v) is 15.5. The number of para-hydroxylation sites is 3. The van der Waals surface area contributed by atoms with Gasteiger partial charge in [-0.15, -0.1) is 0 Å². The first kappa shape index (κ1) is 38.0. The monoisotopic (exact) mass is 831 g/mol. The minimum atomic E-state index is -0.535. The van der Waals surface area contributed by atoms with Crippen LogP contribution in [0.15, 0.2) is 230 Å². The third-order valence-electron chi connectivity index (χ3n) is 15.5. The minimum Gasteiger partial charge on any atom is -0.310 e. The molecule has 2 unspecified atom stereocenters. The van der Waals surface area contributed by atoms with Crippen LogP contribution in [0.5, 0.6) is 0 Å². The predicted octanol–water partition coefficient (Wildman–Crippen LogP) is 16.3. The maximum Gasteiger partial charge on any atom is 0.0754 e. The fourth-order valence-electron chi connectivity index (χ4n) is 12.9. The topological polar surface area (TPSA) is 3.24 Å². The molecule has 1 aliphatic heterocycles. The van der Waals surface area contributed by atoms with Crippen molar-refractivity contribution in [1.29, 1.82) is 0 Å². The van der Waals surface area contributed by atoms with Gasteiger partial charge in [0.1, 0.15) is 0 Å². The molecular formula is C64H49N. The molecule has 0 amide bonds. The molecule has 4 aliphatic carbocycles. The maximum absolute atomic E-state index is 2.59. The summed E-state index contributed by atoms with van der Waals surface area (Å²) >= 11 is 0. The van der Waals surface area contributed by atoms with Gasteiger partial charge in [-0.05, 0) is 139 Å². The van der Waals surface area contributed by atoms with E-state index in [-0.39, 0.29) is 11.3 Å². The molecule has 2 bridgehead atoms. The van der Waals surface area contributed by atoms with Crippen molar-refractivity contribution in [2.75, 3.05) is 4.90 Å². The summed E-state index contributed by atoms with van der Waals surface area (Å²) in [5.74, 6) is 0.331. The summed E-state index contributed by atoms with van der Waals surface area (Å²) in [5, 5.41) is 0. The molecule has 1 heterocycles. The molecule has 13 rings (SSSR count). The highest BCUT2D eigenvalue weighted by Crippen LogP contribution is 2.64. The lowest BCUT2D eigenvalue weighted by Crippen LogP contribution is -2.36. The average Bonchev–Trinajstić information content (AvgIpc) is 3.76. The molecule has 310 valence electrons. The highest BCUT2D eigenvalue weighted by atomic mass is 15.2. The van der Waals surface area contributed by atoms with E-state index in [1.807, 2.05) is 0 Å². The van der Waals surface area contributed by atoms with Crippen LogP contribution in [0.1, 0.15) is 83.2 Å². The highest BCUT2D eigenvalue weighted by Gasteiger charge is 2.52. The summed E-state index contributed by atoms with van der Waals surface area (Å²) in [6.45, 7) is 7.34. The van der Waals surface area contributed by atoms with Gasteiger partial charge in [0.25, 0.3) is 0 Å². The molecule has 0 fully saturated rings. The first-order valence-electron chi connectivity index (χ1n) is 23.3. The van der Waals surface area contributed by atoms with Crippen molar-refractivity contribution >= 4 is 28.2 Å². The van der Waals surface area contributed by atoms with Gasteiger partial charge in [0.15, 0.2) is 0 Å². The summed E-state index contributed by atoms with van der Waals surface area (Å²) in [6, 6.07) is 73.4. The Morgan fingerprint density at radius 2 is 1.05 bits per heavy atom. The summed E-state index contributed by atoms with van der Waals surface area (Å²) in [7, 11) is 0. The van der Waals surface area contributed by atoms with Gasteiger partial charge in [0.2, 0.25) is 0 Å². The smallest absolute Gasteiger partial charge is 0.0754 e. The Kier molecular flexibility index (Phi) is 8.34. The number of fused-ring (bicyclic) bond motifs is 16. The van der Waals surface area contributed by atoms with E-state index >= 15 is 0 Å². The Morgan fingerprint density at radius 3 is 1.77 bits per heavy atom. The second-order valence-corrected chi connectivity index (χ2v) is 19.1. The molecule has 2 atom stereocenters. The number of anilines is 3. The average molecular weight is 832 g/mol.